The second-order valence-corrected chi connectivity index (χ2v) is 4.26. The molecule has 3 N–H and O–H groups in total. The molecular weight excluding hydrogens is 216 g/mol. The molecule has 0 radical (unpaired) electrons. The van der Waals surface area contributed by atoms with E-state index in [1.165, 1.54) is 25.7 Å². The van der Waals surface area contributed by atoms with E-state index in [1.54, 1.807) is 6.20 Å². The van der Waals surface area contributed by atoms with E-state index in [4.69, 9.17) is 10.9 Å². The molecule has 5 heteroatoms. The molecule has 17 heavy (non-hydrogen) atoms. The average Bonchev–Trinajstić information content (AvgIpc) is 2.66. The van der Waals surface area contributed by atoms with Crippen molar-refractivity contribution in [1.29, 1.82) is 0 Å². The van der Waals surface area contributed by atoms with Gasteiger partial charge in [-0.2, -0.15) is 0 Å². The molecule has 1 saturated heterocycles. The van der Waals surface area contributed by atoms with Crippen LogP contribution in [0.3, 0.4) is 0 Å². The molecule has 2 heterocycles. The summed E-state index contributed by atoms with van der Waals surface area (Å²) in [4.78, 5) is 6.47. The van der Waals surface area contributed by atoms with Crippen molar-refractivity contribution in [2.24, 2.45) is 10.9 Å². The van der Waals surface area contributed by atoms with Gasteiger partial charge in [-0.15, -0.1) is 0 Å². The van der Waals surface area contributed by atoms with Gasteiger partial charge in [0.1, 0.15) is 5.69 Å². The maximum atomic E-state index is 8.77. The van der Waals surface area contributed by atoms with E-state index in [-0.39, 0.29) is 5.84 Å². The number of anilines is 1. The van der Waals surface area contributed by atoms with Gasteiger partial charge in [0.05, 0.1) is 5.69 Å². The summed E-state index contributed by atoms with van der Waals surface area (Å²) in [7, 11) is 0. The predicted molar refractivity (Wildman–Crippen MR) is 67.4 cm³/mol. The maximum absolute atomic E-state index is 8.77. The second-order valence-electron chi connectivity index (χ2n) is 4.26. The first-order chi connectivity index (χ1) is 8.33. The molecule has 0 spiro atoms. The normalized spacial score (nSPS) is 17.9. The van der Waals surface area contributed by atoms with Crippen molar-refractivity contribution in [2.75, 3.05) is 18.0 Å². The first-order valence-electron chi connectivity index (χ1n) is 6.01. The summed E-state index contributed by atoms with van der Waals surface area (Å²) < 4.78 is 0. The highest BCUT2D eigenvalue weighted by molar-refractivity contribution is 6.00. The maximum Gasteiger partial charge on any atom is 0.190 e. The van der Waals surface area contributed by atoms with Crippen molar-refractivity contribution >= 4 is 11.5 Å². The summed E-state index contributed by atoms with van der Waals surface area (Å²) in [6.07, 6.45) is 6.58. The molecule has 0 aliphatic carbocycles. The van der Waals surface area contributed by atoms with Crippen LogP contribution in [-0.4, -0.2) is 29.1 Å². The van der Waals surface area contributed by atoms with E-state index in [9.17, 15) is 0 Å². The smallest absolute Gasteiger partial charge is 0.190 e. The van der Waals surface area contributed by atoms with Crippen molar-refractivity contribution in [3.05, 3.63) is 24.0 Å². The Labute approximate surface area is 101 Å². The number of hydrogen-bond donors (Lipinski definition) is 2. The van der Waals surface area contributed by atoms with Crippen LogP contribution in [0.25, 0.3) is 0 Å². The highest BCUT2D eigenvalue weighted by Gasteiger charge is 2.16. The Morgan fingerprint density at radius 2 is 2.00 bits per heavy atom. The van der Waals surface area contributed by atoms with Gasteiger partial charge < -0.3 is 15.8 Å². The van der Waals surface area contributed by atoms with Crippen LogP contribution in [0.5, 0.6) is 0 Å². The number of nitrogens with two attached hydrogens (primary N) is 1. The van der Waals surface area contributed by atoms with Gasteiger partial charge in [-0.1, -0.05) is 18.0 Å². The minimum atomic E-state index is 0.0739. The molecule has 92 valence electrons. The number of pyridine rings is 1. The second kappa shape index (κ2) is 5.52. The highest BCUT2D eigenvalue weighted by atomic mass is 16.4. The van der Waals surface area contributed by atoms with Gasteiger partial charge in [-0.25, -0.2) is 0 Å². The summed E-state index contributed by atoms with van der Waals surface area (Å²) in [6.45, 7) is 2.02. The summed E-state index contributed by atoms with van der Waals surface area (Å²) >= 11 is 0. The third kappa shape index (κ3) is 2.67. The molecule has 1 fully saturated rings. The Balaban J connectivity index is 2.30. The molecule has 1 aromatic rings. The number of nitrogens with zero attached hydrogens (tertiary/aromatic N) is 3. The Bertz CT molecular complexity index is 397. The largest absolute Gasteiger partial charge is 0.409 e. The quantitative estimate of drug-likeness (QED) is 0.352. The Kier molecular flexibility index (Phi) is 3.80. The van der Waals surface area contributed by atoms with Crippen molar-refractivity contribution in [3.63, 3.8) is 0 Å². The fraction of sp³-hybridized carbons (Fsp3) is 0.500. The van der Waals surface area contributed by atoms with Crippen LogP contribution in [-0.2, 0) is 0 Å². The third-order valence-corrected chi connectivity index (χ3v) is 3.08. The minimum absolute atomic E-state index is 0.0739. The van der Waals surface area contributed by atoms with E-state index in [0.717, 1.165) is 18.8 Å². The zero-order valence-corrected chi connectivity index (χ0v) is 9.84. The van der Waals surface area contributed by atoms with Crippen LogP contribution in [0.15, 0.2) is 23.5 Å². The zero-order chi connectivity index (χ0) is 12.1. The lowest BCUT2D eigenvalue weighted by Gasteiger charge is -2.24. The van der Waals surface area contributed by atoms with E-state index >= 15 is 0 Å². The van der Waals surface area contributed by atoms with Gasteiger partial charge in [0.25, 0.3) is 0 Å². The molecule has 0 atom stereocenters. The Morgan fingerprint density at radius 3 is 2.65 bits per heavy atom. The number of rotatable bonds is 2. The molecule has 0 saturated carbocycles. The molecule has 5 nitrogen and oxygen atoms in total. The van der Waals surface area contributed by atoms with E-state index < -0.39 is 0 Å². The average molecular weight is 234 g/mol. The van der Waals surface area contributed by atoms with Gasteiger partial charge in [0.15, 0.2) is 5.84 Å². The number of oxime groups is 1. The molecule has 0 amide bonds. The number of amidine groups is 1. The lowest BCUT2D eigenvalue weighted by atomic mass is 10.2. The fourth-order valence-corrected chi connectivity index (χ4v) is 2.21. The molecule has 1 aliphatic rings. The Hall–Kier alpha value is -1.78. The summed E-state index contributed by atoms with van der Waals surface area (Å²) in [5, 5.41) is 11.8. The summed E-state index contributed by atoms with van der Waals surface area (Å²) in [6, 6.07) is 3.86. The first kappa shape index (κ1) is 11.7. The zero-order valence-electron chi connectivity index (χ0n) is 9.84. The molecular formula is C12H18N4O. The third-order valence-electron chi connectivity index (χ3n) is 3.08. The standard InChI is InChI=1S/C12H18N4O/c13-12(15-17)11-10(6-5-7-14-11)16-8-3-1-2-4-9-16/h5-7,17H,1-4,8-9H2,(H2,13,15). The van der Waals surface area contributed by atoms with Gasteiger partial charge >= 0.3 is 0 Å². The molecule has 1 aliphatic heterocycles. The van der Waals surface area contributed by atoms with Crippen LogP contribution in [0, 0.1) is 0 Å². The van der Waals surface area contributed by atoms with Crippen molar-refractivity contribution in [3.8, 4) is 0 Å². The lowest BCUT2D eigenvalue weighted by molar-refractivity contribution is 0.318. The summed E-state index contributed by atoms with van der Waals surface area (Å²) in [5.74, 6) is 0.0739. The SMILES string of the molecule is N/C(=N/O)c1ncccc1N1CCCCCC1. The van der Waals surface area contributed by atoms with Crippen molar-refractivity contribution in [2.45, 2.75) is 25.7 Å². The fourth-order valence-electron chi connectivity index (χ4n) is 2.21. The monoisotopic (exact) mass is 234 g/mol. The van der Waals surface area contributed by atoms with Crippen LogP contribution in [0.2, 0.25) is 0 Å². The summed E-state index contributed by atoms with van der Waals surface area (Å²) in [5.41, 5.74) is 7.18. The van der Waals surface area contributed by atoms with Crippen molar-refractivity contribution < 1.29 is 5.21 Å². The molecule has 0 aromatic carbocycles. The predicted octanol–water partition coefficient (Wildman–Crippen LogP) is 1.56. The number of aromatic nitrogens is 1. The number of hydrogen-bond acceptors (Lipinski definition) is 4. The van der Waals surface area contributed by atoms with Gasteiger partial charge in [-0.3, -0.25) is 4.98 Å². The van der Waals surface area contributed by atoms with Crippen molar-refractivity contribution in [1.82, 2.24) is 4.98 Å². The van der Waals surface area contributed by atoms with E-state index in [2.05, 4.69) is 15.0 Å². The highest BCUT2D eigenvalue weighted by Crippen LogP contribution is 2.21. The molecule has 1 aromatic heterocycles. The van der Waals surface area contributed by atoms with Gasteiger partial charge in [-0.05, 0) is 25.0 Å². The van der Waals surface area contributed by atoms with Crippen LogP contribution in [0.1, 0.15) is 31.4 Å². The Morgan fingerprint density at radius 1 is 1.29 bits per heavy atom. The van der Waals surface area contributed by atoms with Crippen LogP contribution < -0.4 is 10.6 Å². The lowest BCUT2D eigenvalue weighted by Crippen LogP contribution is -2.28. The topological polar surface area (TPSA) is 74.7 Å². The van der Waals surface area contributed by atoms with Crippen LogP contribution in [0.4, 0.5) is 5.69 Å². The first-order valence-corrected chi connectivity index (χ1v) is 6.01. The van der Waals surface area contributed by atoms with E-state index in [0.29, 0.717) is 5.69 Å². The van der Waals surface area contributed by atoms with Gasteiger partial charge in [0, 0.05) is 19.3 Å². The van der Waals surface area contributed by atoms with Gasteiger partial charge in [0.2, 0.25) is 0 Å². The van der Waals surface area contributed by atoms with Crippen LogP contribution >= 0.6 is 0 Å². The van der Waals surface area contributed by atoms with E-state index in [1.807, 2.05) is 12.1 Å². The molecule has 2 rings (SSSR count). The molecule has 0 bridgehead atoms. The minimum Gasteiger partial charge on any atom is -0.409 e. The molecule has 0 unspecified atom stereocenters.